The summed E-state index contributed by atoms with van der Waals surface area (Å²) in [6.45, 7) is 8.88. The molecule has 2 aromatic heterocycles. The first-order valence-electron chi connectivity index (χ1n) is 11.8. The third kappa shape index (κ3) is 5.50. The van der Waals surface area contributed by atoms with E-state index in [1.54, 1.807) is 19.2 Å². The lowest BCUT2D eigenvalue weighted by atomic mass is 10.2. The van der Waals surface area contributed by atoms with Gasteiger partial charge in [-0.2, -0.15) is 0 Å². The summed E-state index contributed by atoms with van der Waals surface area (Å²) in [7, 11) is 1.64. The van der Waals surface area contributed by atoms with Gasteiger partial charge >= 0.3 is 11.7 Å². The molecule has 0 atom stereocenters. The van der Waals surface area contributed by atoms with Crippen molar-refractivity contribution in [3.05, 3.63) is 44.4 Å². The Morgan fingerprint density at radius 1 is 1.00 bits per heavy atom. The zero-order valence-electron chi connectivity index (χ0n) is 20.8. The van der Waals surface area contributed by atoms with Gasteiger partial charge in [-0.25, -0.2) is 14.6 Å². The Hall–Kier alpha value is -3.76. The van der Waals surface area contributed by atoms with Gasteiger partial charge in [-0.1, -0.05) is 13.3 Å². The lowest BCUT2D eigenvalue weighted by Gasteiger charge is -2.16. The second-order valence-electron chi connectivity index (χ2n) is 7.70. The molecule has 0 aliphatic heterocycles. The van der Waals surface area contributed by atoms with E-state index in [0.29, 0.717) is 49.4 Å². The van der Waals surface area contributed by atoms with Gasteiger partial charge in [0.25, 0.3) is 5.56 Å². The SMILES string of the molecule is CCCCn1c(=O)[nH]c(=O)c2c1nc(COC(=O)c1cc(OCC)c(OCC)c(OCC)c1)n2C. The number of nitrogens with one attached hydrogen (secondary N) is 1. The van der Waals surface area contributed by atoms with Crippen LogP contribution in [0.15, 0.2) is 21.7 Å². The van der Waals surface area contributed by atoms with E-state index in [4.69, 9.17) is 18.9 Å². The molecule has 0 aliphatic carbocycles. The van der Waals surface area contributed by atoms with Gasteiger partial charge in [0.1, 0.15) is 12.4 Å². The van der Waals surface area contributed by atoms with E-state index in [9.17, 15) is 14.4 Å². The van der Waals surface area contributed by atoms with E-state index in [2.05, 4.69) is 9.97 Å². The van der Waals surface area contributed by atoms with Gasteiger partial charge in [0.15, 0.2) is 22.7 Å². The smallest absolute Gasteiger partial charge is 0.338 e. The average molecular weight is 489 g/mol. The van der Waals surface area contributed by atoms with Crippen molar-refractivity contribution in [3.8, 4) is 17.2 Å². The molecule has 3 aromatic rings. The summed E-state index contributed by atoms with van der Waals surface area (Å²) in [5.74, 6) is 0.880. The number of rotatable bonds is 12. The van der Waals surface area contributed by atoms with Gasteiger partial charge in [-0.15, -0.1) is 0 Å². The third-order valence-electron chi connectivity index (χ3n) is 5.32. The predicted molar refractivity (Wildman–Crippen MR) is 130 cm³/mol. The zero-order valence-corrected chi connectivity index (χ0v) is 20.8. The van der Waals surface area contributed by atoms with E-state index in [-0.39, 0.29) is 23.3 Å². The number of hydrogen-bond acceptors (Lipinski definition) is 8. The summed E-state index contributed by atoms with van der Waals surface area (Å²) in [6.07, 6.45) is 1.63. The Balaban J connectivity index is 1.92. The highest BCUT2D eigenvalue weighted by Crippen LogP contribution is 2.39. The van der Waals surface area contributed by atoms with Crippen molar-refractivity contribution in [1.29, 1.82) is 0 Å². The largest absolute Gasteiger partial charge is 0.490 e. The molecule has 11 nitrogen and oxygen atoms in total. The number of imidazole rings is 1. The molecule has 0 amide bonds. The van der Waals surface area contributed by atoms with Crippen molar-refractivity contribution in [2.24, 2.45) is 7.05 Å². The molecule has 0 bridgehead atoms. The fraction of sp³-hybridized carbons (Fsp3) is 0.500. The minimum Gasteiger partial charge on any atom is -0.490 e. The van der Waals surface area contributed by atoms with Crippen LogP contribution < -0.4 is 25.5 Å². The average Bonchev–Trinajstić information content (AvgIpc) is 3.16. The highest BCUT2D eigenvalue weighted by Gasteiger charge is 2.21. The molecular formula is C24H32N4O7. The molecule has 0 spiro atoms. The van der Waals surface area contributed by atoms with E-state index in [1.165, 1.54) is 9.13 Å². The van der Waals surface area contributed by atoms with Crippen molar-refractivity contribution >= 4 is 17.1 Å². The number of fused-ring (bicyclic) bond motifs is 1. The highest BCUT2D eigenvalue weighted by molar-refractivity contribution is 5.91. The number of benzene rings is 1. The first-order valence-corrected chi connectivity index (χ1v) is 11.8. The monoisotopic (exact) mass is 488 g/mol. The van der Waals surface area contributed by atoms with Crippen LogP contribution in [0.25, 0.3) is 11.2 Å². The van der Waals surface area contributed by atoms with Crippen LogP contribution >= 0.6 is 0 Å². The van der Waals surface area contributed by atoms with Crippen LogP contribution in [-0.4, -0.2) is 44.9 Å². The van der Waals surface area contributed by atoms with Gasteiger partial charge in [0.2, 0.25) is 5.75 Å². The number of esters is 1. The summed E-state index contributed by atoms with van der Waals surface area (Å²) in [5, 5.41) is 0. The number of aromatic nitrogens is 4. The van der Waals surface area contributed by atoms with Gasteiger partial charge in [0.05, 0.1) is 25.4 Å². The number of carbonyl (C=O) groups excluding carboxylic acids is 1. The number of carbonyl (C=O) groups is 1. The number of aromatic amines is 1. The molecule has 0 unspecified atom stereocenters. The lowest BCUT2D eigenvalue weighted by Crippen LogP contribution is -2.31. The van der Waals surface area contributed by atoms with Crippen molar-refractivity contribution in [3.63, 3.8) is 0 Å². The molecule has 1 aromatic carbocycles. The van der Waals surface area contributed by atoms with Crippen LogP contribution in [0.5, 0.6) is 17.2 Å². The Kier molecular flexibility index (Phi) is 8.56. The van der Waals surface area contributed by atoms with Crippen molar-refractivity contribution in [2.45, 2.75) is 53.7 Å². The van der Waals surface area contributed by atoms with Crippen LogP contribution in [-0.2, 0) is 24.9 Å². The number of hydrogen-bond donors (Lipinski definition) is 1. The molecule has 11 heteroatoms. The van der Waals surface area contributed by atoms with Crippen molar-refractivity contribution in [1.82, 2.24) is 19.1 Å². The Labute approximate surface area is 202 Å². The number of unbranched alkanes of at least 4 members (excludes halogenated alkanes) is 1. The normalized spacial score (nSPS) is 11.0. The van der Waals surface area contributed by atoms with Gasteiger partial charge < -0.3 is 23.5 Å². The molecule has 0 saturated heterocycles. The molecule has 190 valence electrons. The number of ether oxygens (including phenoxy) is 4. The van der Waals surface area contributed by atoms with Crippen LogP contribution in [0.2, 0.25) is 0 Å². The minimum atomic E-state index is -0.626. The third-order valence-corrected chi connectivity index (χ3v) is 5.32. The number of nitrogens with zero attached hydrogens (tertiary/aromatic N) is 3. The zero-order chi connectivity index (χ0) is 25.5. The van der Waals surface area contributed by atoms with Crippen LogP contribution in [0.1, 0.15) is 56.7 Å². The van der Waals surface area contributed by atoms with E-state index in [0.717, 1.165) is 12.8 Å². The standard InChI is InChI=1S/C24H32N4O7/c1-6-10-11-28-21-19(22(29)26-24(28)31)27(5)18(25-21)14-35-23(30)15-12-16(32-7-2)20(34-9-4)17(13-15)33-8-3/h12-13H,6-11,14H2,1-5H3,(H,26,29,31). The van der Waals surface area contributed by atoms with Crippen LogP contribution in [0.3, 0.4) is 0 Å². The molecule has 2 heterocycles. The summed E-state index contributed by atoms with van der Waals surface area (Å²) in [5.41, 5.74) is -0.334. The summed E-state index contributed by atoms with van der Waals surface area (Å²) in [4.78, 5) is 44.4. The Bertz CT molecular complexity index is 1280. The number of aryl methyl sites for hydroxylation is 2. The maximum atomic E-state index is 12.9. The summed E-state index contributed by atoms with van der Waals surface area (Å²) in [6, 6.07) is 3.09. The second-order valence-corrected chi connectivity index (χ2v) is 7.70. The molecule has 35 heavy (non-hydrogen) atoms. The fourth-order valence-electron chi connectivity index (χ4n) is 3.66. The second kappa shape index (κ2) is 11.6. The first kappa shape index (κ1) is 25.9. The maximum Gasteiger partial charge on any atom is 0.338 e. The fourth-order valence-corrected chi connectivity index (χ4v) is 3.66. The minimum absolute atomic E-state index is 0.202. The van der Waals surface area contributed by atoms with Crippen molar-refractivity contribution < 1.29 is 23.7 Å². The number of H-pyrrole nitrogens is 1. The van der Waals surface area contributed by atoms with E-state index >= 15 is 0 Å². The Morgan fingerprint density at radius 3 is 2.20 bits per heavy atom. The van der Waals surface area contributed by atoms with Gasteiger partial charge in [-0.05, 0) is 39.3 Å². The molecule has 0 aliphatic rings. The maximum absolute atomic E-state index is 12.9. The molecule has 0 saturated carbocycles. The summed E-state index contributed by atoms with van der Waals surface area (Å²) < 4.78 is 25.5. The highest BCUT2D eigenvalue weighted by atomic mass is 16.5. The molecular weight excluding hydrogens is 456 g/mol. The first-order chi connectivity index (χ1) is 16.9. The van der Waals surface area contributed by atoms with Crippen LogP contribution in [0, 0.1) is 0 Å². The van der Waals surface area contributed by atoms with E-state index < -0.39 is 17.2 Å². The van der Waals surface area contributed by atoms with Gasteiger partial charge in [0, 0.05) is 13.6 Å². The van der Waals surface area contributed by atoms with E-state index in [1.807, 2.05) is 27.7 Å². The molecule has 0 radical (unpaired) electrons. The Morgan fingerprint density at radius 2 is 1.63 bits per heavy atom. The topological polar surface area (TPSA) is 127 Å². The quantitative estimate of drug-likeness (QED) is 0.386. The van der Waals surface area contributed by atoms with Crippen molar-refractivity contribution in [2.75, 3.05) is 19.8 Å². The lowest BCUT2D eigenvalue weighted by molar-refractivity contribution is 0.0458. The molecule has 1 N–H and O–H groups in total. The predicted octanol–water partition coefficient (Wildman–Crippen LogP) is 2.78. The van der Waals surface area contributed by atoms with Crippen LogP contribution in [0.4, 0.5) is 0 Å². The van der Waals surface area contributed by atoms with Gasteiger partial charge in [-0.3, -0.25) is 14.3 Å². The molecule has 0 fully saturated rings. The molecule has 3 rings (SSSR count). The summed E-state index contributed by atoms with van der Waals surface area (Å²) >= 11 is 0.